The van der Waals surface area contributed by atoms with E-state index in [0.29, 0.717) is 0 Å². The van der Waals surface area contributed by atoms with Crippen LogP contribution in [0.5, 0.6) is 0 Å². The van der Waals surface area contributed by atoms with Crippen LogP contribution in [0.3, 0.4) is 0 Å². The molecule has 0 radical (unpaired) electrons. The minimum atomic E-state index is -0.152. The van der Waals surface area contributed by atoms with E-state index >= 15 is 0 Å². The van der Waals surface area contributed by atoms with Gasteiger partial charge in [0.1, 0.15) is 5.82 Å². The maximum Gasteiger partial charge on any atom is 0.123 e. The fourth-order valence-electron chi connectivity index (χ4n) is 2.08. The van der Waals surface area contributed by atoms with Gasteiger partial charge >= 0.3 is 0 Å². The molecular weight excluding hydrogens is 257 g/mol. The molecule has 0 amide bonds. The number of benzene rings is 1. The second-order valence-corrected chi connectivity index (χ2v) is 5.22. The third-order valence-electron chi connectivity index (χ3n) is 2.91. The lowest BCUT2D eigenvalue weighted by Gasteiger charge is -2.16. The van der Waals surface area contributed by atoms with Gasteiger partial charge in [0.2, 0.25) is 0 Å². The molecule has 0 aromatic heterocycles. The molecule has 1 aromatic carbocycles. The summed E-state index contributed by atoms with van der Waals surface area (Å²) in [6, 6.07) is 4.89. The number of nitrogens with zero attached hydrogens (tertiary/aromatic N) is 1. The fraction of sp³-hybridized carbons (Fsp3) is 0.500. The van der Waals surface area contributed by atoms with E-state index in [-0.39, 0.29) is 5.82 Å². The molecule has 1 heterocycles. The lowest BCUT2D eigenvalue weighted by Crippen LogP contribution is -2.19. The van der Waals surface area contributed by atoms with E-state index in [1.165, 1.54) is 12.5 Å². The van der Waals surface area contributed by atoms with Crippen molar-refractivity contribution in [2.24, 2.45) is 5.92 Å². The Labute approximate surface area is 98.4 Å². The third-order valence-corrected chi connectivity index (χ3v) is 3.68. The first-order valence-corrected chi connectivity index (χ1v) is 6.11. The van der Waals surface area contributed by atoms with Crippen LogP contribution >= 0.6 is 15.9 Å². The highest BCUT2D eigenvalue weighted by Gasteiger charge is 2.19. The predicted molar refractivity (Wildman–Crippen MR) is 63.2 cm³/mol. The first-order chi connectivity index (χ1) is 7.15. The van der Waals surface area contributed by atoms with Gasteiger partial charge in [-0.05, 0) is 42.6 Å². The molecule has 3 heteroatoms. The van der Waals surface area contributed by atoms with Crippen molar-refractivity contribution in [3.05, 3.63) is 34.1 Å². The van der Waals surface area contributed by atoms with Gasteiger partial charge in [-0.1, -0.05) is 22.9 Å². The van der Waals surface area contributed by atoms with Crippen molar-refractivity contribution >= 4 is 15.9 Å². The van der Waals surface area contributed by atoms with E-state index in [1.54, 1.807) is 12.1 Å². The summed E-state index contributed by atoms with van der Waals surface area (Å²) in [7, 11) is 0. The van der Waals surface area contributed by atoms with Crippen molar-refractivity contribution in [3.8, 4) is 0 Å². The molecule has 0 N–H and O–H groups in total. The van der Waals surface area contributed by atoms with Crippen LogP contribution in [0.2, 0.25) is 0 Å². The summed E-state index contributed by atoms with van der Waals surface area (Å²) in [5, 5.41) is 0. The van der Waals surface area contributed by atoms with Gasteiger partial charge in [0.25, 0.3) is 0 Å². The molecule has 2 rings (SSSR count). The van der Waals surface area contributed by atoms with Gasteiger partial charge in [-0.3, -0.25) is 4.90 Å². The van der Waals surface area contributed by atoms with Crippen LogP contribution in [0.25, 0.3) is 0 Å². The SMILES string of the molecule is CC1CCN(Cc2cc(F)ccc2Br)C1. The smallest absolute Gasteiger partial charge is 0.123 e. The molecule has 82 valence electrons. The highest BCUT2D eigenvalue weighted by molar-refractivity contribution is 9.10. The number of hydrogen-bond donors (Lipinski definition) is 0. The summed E-state index contributed by atoms with van der Waals surface area (Å²) in [5.41, 5.74) is 1.05. The Morgan fingerprint density at radius 3 is 3.00 bits per heavy atom. The molecule has 1 aromatic rings. The minimum Gasteiger partial charge on any atom is -0.299 e. The highest BCUT2D eigenvalue weighted by atomic mass is 79.9. The van der Waals surface area contributed by atoms with Crippen LogP contribution in [0.1, 0.15) is 18.9 Å². The van der Waals surface area contributed by atoms with E-state index in [1.807, 2.05) is 0 Å². The number of rotatable bonds is 2. The molecule has 0 bridgehead atoms. The molecule has 15 heavy (non-hydrogen) atoms. The zero-order valence-corrected chi connectivity index (χ0v) is 10.4. The summed E-state index contributed by atoms with van der Waals surface area (Å²) in [6.07, 6.45) is 1.26. The lowest BCUT2D eigenvalue weighted by molar-refractivity contribution is 0.319. The first kappa shape index (κ1) is 11.1. The second kappa shape index (κ2) is 4.62. The van der Waals surface area contributed by atoms with Gasteiger partial charge < -0.3 is 0 Å². The van der Waals surface area contributed by atoms with Gasteiger partial charge in [-0.2, -0.15) is 0 Å². The normalized spacial score (nSPS) is 22.2. The van der Waals surface area contributed by atoms with E-state index in [2.05, 4.69) is 27.8 Å². The summed E-state index contributed by atoms with van der Waals surface area (Å²) >= 11 is 3.46. The molecular formula is C12H15BrFN. The number of hydrogen-bond acceptors (Lipinski definition) is 1. The van der Waals surface area contributed by atoms with Crippen LogP contribution in [0.4, 0.5) is 4.39 Å². The van der Waals surface area contributed by atoms with Crippen LogP contribution < -0.4 is 0 Å². The fourth-order valence-corrected chi connectivity index (χ4v) is 2.45. The molecule has 1 aliphatic heterocycles. The predicted octanol–water partition coefficient (Wildman–Crippen LogP) is 3.43. The Morgan fingerprint density at radius 1 is 1.53 bits per heavy atom. The summed E-state index contributed by atoms with van der Waals surface area (Å²) < 4.78 is 14.1. The zero-order chi connectivity index (χ0) is 10.8. The van der Waals surface area contributed by atoms with Crippen molar-refractivity contribution in [3.63, 3.8) is 0 Å². The van der Waals surface area contributed by atoms with E-state index in [9.17, 15) is 4.39 Å². The van der Waals surface area contributed by atoms with Crippen LogP contribution in [-0.4, -0.2) is 18.0 Å². The van der Waals surface area contributed by atoms with Crippen LogP contribution in [-0.2, 0) is 6.54 Å². The standard InChI is InChI=1S/C12H15BrFN/c1-9-4-5-15(7-9)8-10-6-11(14)2-3-12(10)13/h2-3,6,9H,4-5,7-8H2,1H3. The molecule has 0 aliphatic carbocycles. The van der Waals surface area contributed by atoms with Gasteiger partial charge in [0.15, 0.2) is 0 Å². The quantitative estimate of drug-likeness (QED) is 0.797. The van der Waals surface area contributed by atoms with E-state index in [4.69, 9.17) is 0 Å². The molecule has 1 fully saturated rings. The minimum absolute atomic E-state index is 0.152. The molecule has 0 saturated carbocycles. The lowest BCUT2D eigenvalue weighted by atomic mass is 10.2. The topological polar surface area (TPSA) is 3.24 Å². The van der Waals surface area contributed by atoms with Crippen LogP contribution in [0, 0.1) is 11.7 Å². The monoisotopic (exact) mass is 271 g/mol. The van der Waals surface area contributed by atoms with Gasteiger partial charge in [0.05, 0.1) is 0 Å². The zero-order valence-electron chi connectivity index (χ0n) is 8.84. The number of likely N-dealkylation sites (tertiary alicyclic amines) is 1. The average Bonchev–Trinajstić information content (AvgIpc) is 2.58. The van der Waals surface area contributed by atoms with Crippen molar-refractivity contribution in [2.45, 2.75) is 19.9 Å². The largest absolute Gasteiger partial charge is 0.299 e. The molecule has 1 aliphatic rings. The van der Waals surface area contributed by atoms with E-state index < -0.39 is 0 Å². The van der Waals surface area contributed by atoms with Gasteiger partial charge in [-0.25, -0.2) is 4.39 Å². The van der Waals surface area contributed by atoms with Crippen molar-refractivity contribution in [2.75, 3.05) is 13.1 Å². The highest BCUT2D eigenvalue weighted by Crippen LogP contribution is 2.23. The third kappa shape index (κ3) is 2.79. The first-order valence-electron chi connectivity index (χ1n) is 5.31. The van der Waals surface area contributed by atoms with Crippen molar-refractivity contribution < 1.29 is 4.39 Å². The maximum absolute atomic E-state index is 13.1. The maximum atomic E-state index is 13.1. The Balaban J connectivity index is 2.07. The molecule has 1 nitrogen and oxygen atoms in total. The summed E-state index contributed by atoms with van der Waals surface area (Å²) in [4.78, 5) is 2.38. The molecule has 1 atom stereocenters. The summed E-state index contributed by atoms with van der Waals surface area (Å²) in [5.74, 6) is 0.623. The molecule has 0 spiro atoms. The molecule has 1 saturated heterocycles. The molecule has 1 unspecified atom stereocenters. The van der Waals surface area contributed by atoms with Gasteiger partial charge in [0, 0.05) is 17.6 Å². The van der Waals surface area contributed by atoms with Crippen molar-refractivity contribution in [1.29, 1.82) is 0 Å². The Hall–Kier alpha value is -0.410. The second-order valence-electron chi connectivity index (χ2n) is 4.36. The van der Waals surface area contributed by atoms with Crippen molar-refractivity contribution in [1.82, 2.24) is 4.90 Å². The average molecular weight is 272 g/mol. The summed E-state index contributed by atoms with van der Waals surface area (Å²) in [6.45, 7) is 5.37. The number of halogens is 2. The van der Waals surface area contributed by atoms with Crippen LogP contribution in [0.15, 0.2) is 22.7 Å². The van der Waals surface area contributed by atoms with Gasteiger partial charge in [-0.15, -0.1) is 0 Å². The van der Waals surface area contributed by atoms with E-state index in [0.717, 1.165) is 35.6 Å². The Kier molecular flexibility index (Phi) is 3.42. The Bertz CT molecular complexity index is 353. The Morgan fingerprint density at radius 2 is 2.33 bits per heavy atom.